The van der Waals surface area contributed by atoms with Gasteiger partial charge in [-0.15, -0.1) is 0 Å². The van der Waals surface area contributed by atoms with Crippen LogP contribution in [0.1, 0.15) is 72.3 Å². The predicted octanol–water partition coefficient (Wildman–Crippen LogP) is 3.34. The maximum atomic E-state index is 14.1. The van der Waals surface area contributed by atoms with Crippen LogP contribution in [0.5, 0.6) is 0 Å². The topological polar surface area (TPSA) is 147 Å². The van der Waals surface area contributed by atoms with Crippen molar-refractivity contribution in [2.24, 2.45) is 23.5 Å². The van der Waals surface area contributed by atoms with Gasteiger partial charge in [-0.1, -0.05) is 70.8 Å². The first-order valence-electron chi connectivity index (χ1n) is 18.4. The van der Waals surface area contributed by atoms with E-state index in [4.69, 9.17) is 26.8 Å². The summed E-state index contributed by atoms with van der Waals surface area (Å²) < 4.78 is 11.9. The van der Waals surface area contributed by atoms with Crippen LogP contribution in [0, 0.1) is 17.8 Å². The van der Waals surface area contributed by atoms with E-state index < -0.39 is 36.3 Å². The highest BCUT2D eigenvalue weighted by atomic mass is 35.5. The van der Waals surface area contributed by atoms with Crippen molar-refractivity contribution in [1.29, 1.82) is 0 Å². The number of nitrogens with zero attached hydrogens (tertiary/aromatic N) is 3. The van der Waals surface area contributed by atoms with Gasteiger partial charge in [0, 0.05) is 39.4 Å². The van der Waals surface area contributed by atoms with Crippen LogP contribution in [-0.4, -0.2) is 130 Å². The number of carbonyl (C=O) groups excluding carboxylic acids is 4. The van der Waals surface area contributed by atoms with Crippen molar-refractivity contribution in [3.63, 3.8) is 0 Å². The molecule has 1 aromatic carbocycles. The molecule has 0 radical (unpaired) electrons. The Bertz CT molecular complexity index is 1260. The Morgan fingerprint density at radius 2 is 1.71 bits per heavy atom. The zero-order valence-electron chi connectivity index (χ0n) is 32.6. The lowest BCUT2D eigenvalue weighted by Gasteiger charge is -2.40. The number of nitrogens with two attached hydrogens (primary N) is 1. The third kappa shape index (κ3) is 12.1. The number of benzene rings is 1. The first kappa shape index (κ1) is 44.4. The fourth-order valence-electron chi connectivity index (χ4n) is 7.55. The van der Waals surface area contributed by atoms with E-state index in [0.717, 1.165) is 18.4 Å². The van der Waals surface area contributed by atoms with E-state index in [1.807, 2.05) is 82.8 Å². The maximum Gasteiger partial charge on any atom is 0.245 e. The molecule has 1 saturated heterocycles. The van der Waals surface area contributed by atoms with Crippen molar-refractivity contribution in [2.75, 3.05) is 55.0 Å². The SMILES string of the molecule is CC[C@H](C)[C@@H]([C@@H](CC(=O)N1CCC[C@H]1[C@H](OC)[C@@H](C)C(=O)NCCc1ccccc1Cl)OC)N(C)C(=O)[C@H](CCN)NC(=O)[C@H](C(C)C)N(C)C. The maximum absolute atomic E-state index is 14.1. The van der Waals surface area contributed by atoms with Gasteiger partial charge in [0.25, 0.3) is 0 Å². The number of carbonyl (C=O) groups is 4. The molecule has 290 valence electrons. The van der Waals surface area contributed by atoms with Gasteiger partial charge in [0.1, 0.15) is 6.04 Å². The quantitative estimate of drug-likeness (QED) is 0.174. The molecule has 4 amide bonds. The number of amides is 4. The lowest BCUT2D eigenvalue weighted by atomic mass is 9.90. The lowest BCUT2D eigenvalue weighted by molar-refractivity contribution is -0.147. The van der Waals surface area contributed by atoms with Crippen LogP contribution in [0.15, 0.2) is 24.3 Å². The van der Waals surface area contributed by atoms with E-state index in [0.29, 0.717) is 31.0 Å². The first-order valence-corrected chi connectivity index (χ1v) is 18.8. The number of ether oxygens (including phenoxy) is 2. The molecule has 1 aromatic rings. The molecule has 51 heavy (non-hydrogen) atoms. The number of nitrogens with one attached hydrogen (secondary N) is 2. The second-order valence-corrected chi connectivity index (χ2v) is 14.9. The average Bonchev–Trinajstić information content (AvgIpc) is 3.57. The van der Waals surface area contributed by atoms with Gasteiger partial charge >= 0.3 is 0 Å². The molecule has 13 heteroatoms. The summed E-state index contributed by atoms with van der Waals surface area (Å²) in [5, 5.41) is 6.64. The molecule has 0 saturated carbocycles. The standard InChI is InChI=1S/C38H65ClN6O6/c1-11-25(4)34(44(8)38(49)29(18-20-40)42-37(48)33(24(2)3)43(6)7)31(50-9)23-32(46)45-22-14-17-30(45)35(51-10)26(5)36(47)41-21-19-27-15-12-13-16-28(27)39/h12-13,15-16,24-26,29-31,33-35H,11,14,17-23,40H2,1-10H3,(H,41,47)(H,42,48)/t25-,26+,29-,30-,31+,33-,34-,35+/m0/s1. The van der Waals surface area contributed by atoms with E-state index in [9.17, 15) is 19.2 Å². The number of likely N-dealkylation sites (N-methyl/N-ethyl adjacent to an activating group) is 2. The van der Waals surface area contributed by atoms with Crippen LogP contribution >= 0.6 is 11.6 Å². The molecule has 2 rings (SSSR count). The molecule has 1 aliphatic rings. The van der Waals surface area contributed by atoms with Gasteiger partial charge in [0.15, 0.2) is 0 Å². The van der Waals surface area contributed by atoms with Crippen LogP contribution in [0.2, 0.25) is 5.02 Å². The van der Waals surface area contributed by atoms with Gasteiger partial charge in [-0.25, -0.2) is 0 Å². The highest BCUT2D eigenvalue weighted by molar-refractivity contribution is 6.31. The Balaban J connectivity index is 2.21. The Labute approximate surface area is 311 Å². The van der Waals surface area contributed by atoms with Gasteiger partial charge in [-0.05, 0) is 69.8 Å². The number of rotatable bonds is 21. The molecule has 0 aliphatic carbocycles. The Morgan fingerprint density at radius 3 is 2.25 bits per heavy atom. The summed E-state index contributed by atoms with van der Waals surface area (Å²) in [5.74, 6) is -1.27. The van der Waals surface area contributed by atoms with Crippen molar-refractivity contribution in [3.05, 3.63) is 34.9 Å². The summed E-state index contributed by atoms with van der Waals surface area (Å²) in [4.78, 5) is 60.0. The largest absolute Gasteiger partial charge is 0.379 e. The second-order valence-electron chi connectivity index (χ2n) is 14.5. The predicted molar refractivity (Wildman–Crippen MR) is 202 cm³/mol. The van der Waals surface area contributed by atoms with Gasteiger partial charge in [-0.3, -0.25) is 24.1 Å². The smallest absolute Gasteiger partial charge is 0.245 e. The zero-order valence-corrected chi connectivity index (χ0v) is 33.4. The Morgan fingerprint density at radius 1 is 1.04 bits per heavy atom. The van der Waals surface area contributed by atoms with Crippen LogP contribution in [-0.2, 0) is 35.1 Å². The molecule has 0 spiro atoms. The van der Waals surface area contributed by atoms with Crippen molar-refractivity contribution in [1.82, 2.24) is 25.3 Å². The fourth-order valence-corrected chi connectivity index (χ4v) is 7.78. The normalized spacial score (nSPS) is 18.9. The molecule has 0 aromatic heterocycles. The molecular formula is C38H65ClN6O6. The molecule has 12 nitrogen and oxygen atoms in total. The number of hydrogen-bond acceptors (Lipinski definition) is 8. The second kappa shape index (κ2) is 21.7. The zero-order chi connectivity index (χ0) is 38.4. The Hall–Kier alpha value is -2.77. The minimum atomic E-state index is -0.823. The molecular weight excluding hydrogens is 672 g/mol. The minimum absolute atomic E-state index is 0.0216. The van der Waals surface area contributed by atoms with Crippen LogP contribution < -0.4 is 16.4 Å². The highest BCUT2D eigenvalue weighted by Crippen LogP contribution is 2.29. The molecule has 1 heterocycles. The first-order chi connectivity index (χ1) is 24.1. The number of likely N-dealkylation sites (tertiary alicyclic amines) is 1. The van der Waals surface area contributed by atoms with Crippen molar-refractivity contribution in [3.8, 4) is 0 Å². The molecule has 1 aliphatic heterocycles. The molecule has 8 atom stereocenters. The summed E-state index contributed by atoms with van der Waals surface area (Å²) in [5.41, 5.74) is 6.88. The van der Waals surface area contributed by atoms with Crippen molar-refractivity contribution < 1.29 is 28.7 Å². The summed E-state index contributed by atoms with van der Waals surface area (Å²) in [7, 11) is 8.53. The summed E-state index contributed by atoms with van der Waals surface area (Å²) in [6.07, 6.45) is 2.02. The van der Waals surface area contributed by atoms with Crippen molar-refractivity contribution in [2.45, 2.75) is 110 Å². The fraction of sp³-hybridized carbons (Fsp3) is 0.737. The minimum Gasteiger partial charge on any atom is -0.379 e. The monoisotopic (exact) mass is 736 g/mol. The van der Waals surface area contributed by atoms with Gasteiger partial charge in [0.2, 0.25) is 23.6 Å². The number of halogens is 1. The molecule has 0 bridgehead atoms. The third-order valence-corrected chi connectivity index (χ3v) is 10.8. The molecule has 0 unspecified atom stereocenters. The summed E-state index contributed by atoms with van der Waals surface area (Å²) in [6, 6.07) is 5.58. The molecule has 1 fully saturated rings. The van der Waals surface area contributed by atoms with Gasteiger partial charge < -0.3 is 35.6 Å². The molecule has 4 N–H and O–H groups in total. The van der Waals surface area contributed by atoms with E-state index in [1.54, 1.807) is 26.2 Å². The van der Waals surface area contributed by atoms with Crippen LogP contribution in [0.3, 0.4) is 0 Å². The summed E-state index contributed by atoms with van der Waals surface area (Å²) >= 11 is 6.28. The number of methoxy groups -OCH3 is 2. The summed E-state index contributed by atoms with van der Waals surface area (Å²) in [6.45, 7) is 11.0. The average molecular weight is 737 g/mol. The third-order valence-electron chi connectivity index (χ3n) is 10.4. The van der Waals surface area contributed by atoms with E-state index in [-0.39, 0.29) is 60.9 Å². The Kier molecular flexibility index (Phi) is 18.9. The highest BCUT2D eigenvalue weighted by Gasteiger charge is 2.42. The van der Waals surface area contributed by atoms with Crippen LogP contribution in [0.25, 0.3) is 0 Å². The van der Waals surface area contributed by atoms with Crippen molar-refractivity contribution >= 4 is 35.2 Å². The van der Waals surface area contributed by atoms with Gasteiger partial charge in [-0.2, -0.15) is 0 Å². The van der Waals surface area contributed by atoms with E-state index in [2.05, 4.69) is 10.6 Å². The van der Waals surface area contributed by atoms with E-state index >= 15 is 0 Å². The van der Waals surface area contributed by atoms with Gasteiger partial charge in [0.05, 0.1) is 42.7 Å². The lowest BCUT2D eigenvalue weighted by Crippen LogP contribution is -2.58. The number of hydrogen-bond donors (Lipinski definition) is 3. The van der Waals surface area contributed by atoms with E-state index in [1.165, 1.54) is 0 Å². The van der Waals surface area contributed by atoms with Crippen LogP contribution in [0.4, 0.5) is 0 Å².